The van der Waals surface area contributed by atoms with E-state index in [2.05, 4.69) is 36.1 Å². The molecule has 0 radical (unpaired) electrons. The Morgan fingerprint density at radius 1 is 1.25 bits per heavy atom. The lowest BCUT2D eigenvalue weighted by atomic mass is 10.1. The van der Waals surface area contributed by atoms with Gasteiger partial charge in [-0.15, -0.1) is 22.7 Å². The Bertz CT molecular complexity index is 1190. The fraction of sp³-hybridized carbons (Fsp3) is 0.200. The molecule has 1 aliphatic rings. The Morgan fingerprint density at radius 3 is 2.93 bits per heavy atom. The highest BCUT2D eigenvalue weighted by molar-refractivity contribution is 7.27. The lowest BCUT2D eigenvalue weighted by molar-refractivity contribution is 0.0711. The second-order valence-electron chi connectivity index (χ2n) is 6.73. The van der Waals surface area contributed by atoms with Gasteiger partial charge in [-0.1, -0.05) is 29.5 Å². The van der Waals surface area contributed by atoms with Gasteiger partial charge in [0.15, 0.2) is 5.13 Å². The molecule has 0 saturated heterocycles. The van der Waals surface area contributed by atoms with Crippen molar-refractivity contribution >= 4 is 55.1 Å². The second kappa shape index (κ2) is 6.97. The third kappa shape index (κ3) is 2.93. The molecule has 8 heteroatoms. The van der Waals surface area contributed by atoms with E-state index in [-0.39, 0.29) is 0 Å². The number of thiophene rings is 2. The molecule has 1 amide bonds. The van der Waals surface area contributed by atoms with Crippen LogP contribution in [0.2, 0.25) is 0 Å². The zero-order valence-corrected chi connectivity index (χ0v) is 17.5. The van der Waals surface area contributed by atoms with Crippen LogP contribution in [0.15, 0.2) is 36.5 Å². The maximum atomic E-state index is 11.7. The zero-order valence-electron chi connectivity index (χ0n) is 15.1. The van der Waals surface area contributed by atoms with E-state index < -0.39 is 5.91 Å². The second-order valence-corrected chi connectivity index (χ2v) is 9.93. The topological polar surface area (TPSA) is 65.5 Å². The SMILES string of the molecule is Cc1c(-c2cnc(N3CCc4cc(C(=O)NO)sc4C3)s2)sc2ccccc12. The molecule has 4 aromatic rings. The van der Waals surface area contributed by atoms with Crippen LogP contribution in [0.5, 0.6) is 0 Å². The smallest absolute Gasteiger partial charge is 0.284 e. The number of thiazole rings is 1. The molecule has 0 bridgehead atoms. The van der Waals surface area contributed by atoms with Gasteiger partial charge < -0.3 is 4.90 Å². The van der Waals surface area contributed by atoms with Crippen molar-refractivity contribution in [2.24, 2.45) is 0 Å². The van der Waals surface area contributed by atoms with Gasteiger partial charge in [-0.2, -0.15) is 0 Å². The number of carbonyl (C=O) groups is 1. The summed E-state index contributed by atoms with van der Waals surface area (Å²) in [7, 11) is 0. The van der Waals surface area contributed by atoms with Crippen molar-refractivity contribution in [2.45, 2.75) is 19.9 Å². The normalized spacial score (nSPS) is 13.7. The Balaban J connectivity index is 1.43. The minimum absolute atomic E-state index is 0.442. The van der Waals surface area contributed by atoms with E-state index in [4.69, 9.17) is 10.2 Å². The maximum Gasteiger partial charge on any atom is 0.284 e. The largest absolute Gasteiger partial charge is 0.343 e. The van der Waals surface area contributed by atoms with Crippen LogP contribution in [-0.2, 0) is 13.0 Å². The Kier molecular flexibility index (Phi) is 4.43. The molecule has 3 aromatic heterocycles. The minimum Gasteiger partial charge on any atom is -0.343 e. The zero-order chi connectivity index (χ0) is 19.3. The number of nitrogens with zero attached hydrogens (tertiary/aromatic N) is 2. The van der Waals surface area contributed by atoms with Crippen LogP contribution in [-0.4, -0.2) is 22.6 Å². The van der Waals surface area contributed by atoms with E-state index >= 15 is 0 Å². The number of hydroxylamine groups is 1. The van der Waals surface area contributed by atoms with Crippen molar-refractivity contribution in [1.29, 1.82) is 0 Å². The fourth-order valence-electron chi connectivity index (χ4n) is 3.58. The summed E-state index contributed by atoms with van der Waals surface area (Å²) in [5.74, 6) is -0.442. The number of nitrogens with one attached hydrogen (secondary N) is 1. The van der Waals surface area contributed by atoms with Crippen molar-refractivity contribution < 1.29 is 10.0 Å². The number of fused-ring (bicyclic) bond motifs is 2. The van der Waals surface area contributed by atoms with E-state index in [0.29, 0.717) is 4.88 Å². The highest BCUT2D eigenvalue weighted by Crippen LogP contribution is 2.42. The molecule has 1 aromatic carbocycles. The molecule has 0 unspecified atom stereocenters. The number of hydrogen-bond acceptors (Lipinski definition) is 7. The van der Waals surface area contributed by atoms with Crippen LogP contribution in [0.25, 0.3) is 19.8 Å². The number of benzene rings is 1. The average Bonchev–Trinajstić information content (AvgIpc) is 3.44. The van der Waals surface area contributed by atoms with Gasteiger partial charge in [0.2, 0.25) is 0 Å². The van der Waals surface area contributed by atoms with E-state index in [1.54, 1.807) is 16.8 Å². The van der Waals surface area contributed by atoms with Gasteiger partial charge in [0, 0.05) is 22.3 Å². The first kappa shape index (κ1) is 17.8. The Morgan fingerprint density at radius 2 is 2.11 bits per heavy atom. The van der Waals surface area contributed by atoms with Gasteiger partial charge in [0.05, 0.1) is 21.2 Å². The summed E-state index contributed by atoms with van der Waals surface area (Å²) < 4.78 is 1.31. The first-order chi connectivity index (χ1) is 13.6. The number of carbonyl (C=O) groups excluding carboxylic acids is 1. The first-order valence-electron chi connectivity index (χ1n) is 8.89. The van der Waals surface area contributed by atoms with Crippen molar-refractivity contribution in [3.05, 3.63) is 57.4 Å². The third-order valence-corrected chi connectivity index (χ3v) is 8.71. The summed E-state index contributed by atoms with van der Waals surface area (Å²) in [5, 5.41) is 11.2. The van der Waals surface area contributed by atoms with Gasteiger partial charge in [0.1, 0.15) is 0 Å². The van der Waals surface area contributed by atoms with E-state index in [0.717, 1.165) is 24.6 Å². The molecule has 0 saturated carbocycles. The van der Waals surface area contributed by atoms with Gasteiger partial charge >= 0.3 is 0 Å². The third-order valence-electron chi connectivity index (χ3n) is 5.04. The molecule has 0 fully saturated rings. The summed E-state index contributed by atoms with van der Waals surface area (Å²) in [6.45, 7) is 3.81. The number of aryl methyl sites for hydroxylation is 1. The monoisotopic (exact) mass is 427 g/mol. The lowest BCUT2D eigenvalue weighted by Crippen LogP contribution is -2.29. The molecular weight excluding hydrogens is 410 g/mol. The molecule has 28 heavy (non-hydrogen) atoms. The number of rotatable bonds is 3. The van der Waals surface area contributed by atoms with Gasteiger partial charge in [-0.25, -0.2) is 10.5 Å². The maximum absolute atomic E-state index is 11.7. The molecule has 142 valence electrons. The molecule has 0 aliphatic carbocycles. The fourth-order valence-corrected chi connectivity index (χ4v) is 7.00. The van der Waals surface area contributed by atoms with E-state index in [1.807, 2.05) is 23.6 Å². The molecule has 0 spiro atoms. The van der Waals surface area contributed by atoms with Gasteiger partial charge in [0.25, 0.3) is 5.91 Å². The van der Waals surface area contributed by atoms with Crippen molar-refractivity contribution in [2.75, 3.05) is 11.4 Å². The standard InChI is InChI=1S/C20H17N3O2S3/c1-11-13-4-2-3-5-14(13)27-18(11)16-9-21-20(28-16)23-7-6-12-8-15(19(24)22-25)26-17(12)10-23/h2-5,8-9,25H,6-7,10H2,1H3,(H,22,24). The van der Waals surface area contributed by atoms with E-state index in [1.165, 1.54) is 47.2 Å². The summed E-state index contributed by atoms with van der Waals surface area (Å²) in [6, 6.07) is 10.4. The number of aromatic nitrogens is 1. The predicted octanol–water partition coefficient (Wildman–Crippen LogP) is 5.08. The number of hydrogen-bond donors (Lipinski definition) is 2. The van der Waals surface area contributed by atoms with Crippen LogP contribution >= 0.6 is 34.0 Å². The summed E-state index contributed by atoms with van der Waals surface area (Å²) >= 11 is 4.99. The Hall–Kier alpha value is -2.26. The highest BCUT2D eigenvalue weighted by Gasteiger charge is 2.24. The molecule has 0 atom stereocenters. The van der Waals surface area contributed by atoms with Crippen molar-refractivity contribution in [3.8, 4) is 9.75 Å². The molecular formula is C20H17N3O2S3. The summed E-state index contributed by atoms with van der Waals surface area (Å²) in [6.07, 6.45) is 2.85. The summed E-state index contributed by atoms with van der Waals surface area (Å²) in [4.78, 5) is 22.9. The van der Waals surface area contributed by atoms with E-state index in [9.17, 15) is 4.79 Å². The first-order valence-corrected chi connectivity index (χ1v) is 11.3. The Labute approximate surface area is 173 Å². The molecule has 1 aliphatic heterocycles. The quantitative estimate of drug-likeness (QED) is 0.354. The highest BCUT2D eigenvalue weighted by atomic mass is 32.1. The van der Waals surface area contributed by atoms with Crippen LogP contribution in [0.3, 0.4) is 0 Å². The lowest BCUT2D eigenvalue weighted by Gasteiger charge is -2.26. The van der Waals surface area contributed by atoms with Gasteiger partial charge in [-0.3, -0.25) is 10.0 Å². The summed E-state index contributed by atoms with van der Waals surface area (Å²) in [5.41, 5.74) is 4.23. The van der Waals surface area contributed by atoms with Crippen LogP contribution in [0, 0.1) is 6.92 Å². The average molecular weight is 428 g/mol. The van der Waals surface area contributed by atoms with Crippen LogP contribution < -0.4 is 10.4 Å². The molecule has 5 rings (SSSR count). The molecule has 2 N–H and O–H groups in total. The molecule has 4 heterocycles. The minimum atomic E-state index is -0.442. The predicted molar refractivity (Wildman–Crippen MR) is 116 cm³/mol. The van der Waals surface area contributed by atoms with Gasteiger partial charge in [-0.05, 0) is 42.0 Å². The number of amides is 1. The van der Waals surface area contributed by atoms with Crippen LogP contribution in [0.4, 0.5) is 5.13 Å². The molecule has 5 nitrogen and oxygen atoms in total. The van der Waals surface area contributed by atoms with Crippen LogP contribution in [0.1, 0.15) is 25.7 Å². The van der Waals surface area contributed by atoms with Crippen molar-refractivity contribution in [3.63, 3.8) is 0 Å². The number of anilines is 1. The van der Waals surface area contributed by atoms with Crippen molar-refractivity contribution in [1.82, 2.24) is 10.5 Å².